The summed E-state index contributed by atoms with van der Waals surface area (Å²) < 4.78 is 17.0. The van der Waals surface area contributed by atoms with Gasteiger partial charge >= 0.3 is 17.6 Å². The number of aliphatic hydroxyl groups excluding tert-OH is 1. The summed E-state index contributed by atoms with van der Waals surface area (Å²) in [7, 11) is 1.44. The molecule has 1 aliphatic heterocycles. The fourth-order valence-electron chi connectivity index (χ4n) is 5.12. The van der Waals surface area contributed by atoms with Crippen molar-refractivity contribution in [2.24, 2.45) is 5.73 Å². The van der Waals surface area contributed by atoms with Crippen LogP contribution in [0.2, 0.25) is 0 Å². The maximum atomic E-state index is 13.2. The fourth-order valence-corrected chi connectivity index (χ4v) is 6.52. The van der Waals surface area contributed by atoms with Crippen LogP contribution in [0.15, 0.2) is 45.6 Å². The number of carbonyl (C=O) groups is 4. The minimum atomic E-state index is -1.31. The van der Waals surface area contributed by atoms with Crippen molar-refractivity contribution in [3.8, 4) is 28.4 Å². The number of ether oxygens (including phenoxy) is 2. The molecule has 0 saturated heterocycles. The molecule has 1 aromatic heterocycles. The van der Waals surface area contributed by atoms with E-state index in [1.54, 1.807) is 32.0 Å². The molecule has 252 valence electrons. The molecule has 8 N–H and O–H groups in total. The molecule has 0 spiro atoms. The Morgan fingerprint density at radius 1 is 1.11 bits per heavy atom. The van der Waals surface area contributed by atoms with Crippen LogP contribution in [0, 0.1) is 0 Å². The third kappa shape index (κ3) is 7.96. The molecule has 2 heterocycles. The van der Waals surface area contributed by atoms with Gasteiger partial charge in [0.25, 0.3) is 0 Å². The van der Waals surface area contributed by atoms with Crippen LogP contribution in [-0.4, -0.2) is 86.5 Å². The average Bonchev–Trinajstić information content (AvgIpc) is 3.00. The summed E-state index contributed by atoms with van der Waals surface area (Å²) in [6.45, 7) is 2.70. The number of hydrogen-bond acceptors (Lipinski definition) is 12. The number of methoxy groups -OCH3 is 1. The first-order valence-electron chi connectivity index (χ1n) is 14.4. The van der Waals surface area contributed by atoms with Gasteiger partial charge in [-0.3, -0.25) is 19.2 Å². The lowest BCUT2D eigenvalue weighted by Gasteiger charge is -2.43. The van der Waals surface area contributed by atoms with Gasteiger partial charge in [-0.25, -0.2) is 4.79 Å². The number of hydrogen-bond donors (Lipinski definition) is 7. The molecular weight excluding hydrogens is 638 g/mol. The Bertz CT molecular complexity index is 1760. The fraction of sp³-hybridized carbons (Fsp3) is 0.387. The summed E-state index contributed by atoms with van der Waals surface area (Å²) in [6.07, 6.45) is -1.82. The largest absolute Gasteiger partial charge is 0.507 e. The van der Waals surface area contributed by atoms with Crippen molar-refractivity contribution in [3.05, 3.63) is 52.4 Å². The van der Waals surface area contributed by atoms with Gasteiger partial charge in [-0.2, -0.15) is 0 Å². The molecule has 2 amide bonds. The van der Waals surface area contributed by atoms with Crippen LogP contribution in [0.1, 0.15) is 38.4 Å². The van der Waals surface area contributed by atoms with Crippen LogP contribution in [0.3, 0.4) is 0 Å². The first kappa shape index (κ1) is 35.1. The summed E-state index contributed by atoms with van der Waals surface area (Å²) in [5.41, 5.74) is 4.15. The van der Waals surface area contributed by atoms with Crippen molar-refractivity contribution in [2.75, 3.05) is 19.4 Å². The SMILES string of the molecule is COc1ccc(-c2cc3ccc4c(c3oc2=O)C(O)C(SCC(NC(=O)CCC(N)C(=O)O)C(=O)NCC(=O)O)C(C)(C)O4)c(O)c1. The van der Waals surface area contributed by atoms with Crippen molar-refractivity contribution in [1.29, 1.82) is 0 Å². The quantitative estimate of drug-likeness (QED) is 0.127. The van der Waals surface area contributed by atoms with Gasteiger partial charge in [-0.1, -0.05) is 0 Å². The minimum absolute atomic E-state index is 0.0525. The van der Waals surface area contributed by atoms with Gasteiger partial charge in [0.15, 0.2) is 0 Å². The Hall–Kier alpha value is -4.80. The van der Waals surface area contributed by atoms with E-state index in [1.807, 2.05) is 0 Å². The number of phenolic OH excluding ortho intramolecular Hbond substituents is 1. The van der Waals surface area contributed by atoms with Gasteiger partial charge in [0.1, 0.15) is 53.2 Å². The van der Waals surface area contributed by atoms with Crippen LogP contribution >= 0.6 is 11.8 Å². The number of aromatic hydroxyl groups is 1. The summed E-state index contributed by atoms with van der Waals surface area (Å²) in [5.74, 6) is -3.81. The second kappa shape index (κ2) is 14.3. The van der Waals surface area contributed by atoms with Crippen molar-refractivity contribution in [1.82, 2.24) is 10.6 Å². The molecule has 0 aliphatic carbocycles. The number of benzene rings is 2. The lowest BCUT2D eigenvalue weighted by atomic mass is 9.89. The van der Waals surface area contributed by atoms with E-state index in [9.17, 15) is 34.2 Å². The highest BCUT2D eigenvalue weighted by Gasteiger charge is 2.45. The number of aliphatic hydroxyl groups is 1. The van der Waals surface area contributed by atoms with Gasteiger partial charge in [0, 0.05) is 29.2 Å². The second-order valence-corrected chi connectivity index (χ2v) is 12.5. The van der Waals surface area contributed by atoms with Gasteiger partial charge in [-0.15, -0.1) is 11.8 Å². The van der Waals surface area contributed by atoms with Gasteiger partial charge in [0.05, 0.1) is 23.5 Å². The number of fused-ring (bicyclic) bond motifs is 3. The number of amides is 2. The van der Waals surface area contributed by atoms with E-state index in [1.165, 1.54) is 25.3 Å². The van der Waals surface area contributed by atoms with E-state index in [2.05, 4.69) is 10.6 Å². The molecule has 1 aliphatic rings. The van der Waals surface area contributed by atoms with Crippen molar-refractivity contribution >= 4 is 46.5 Å². The topological polar surface area (TPSA) is 248 Å². The van der Waals surface area contributed by atoms with Crippen molar-refractivity contribution in [3.63, 3.8) is 0 Å². The molecule has 15 nitrogen and oxygen atoms in total. The first-order chi connectivity index (χ1) is 22.1. The van der Waals surface area contributed by atoms with E-state index in [0.717, 1.165) is 11.8 Å². The zero-order valence-corrected chi connectivity index (χ0v) is 26.5. The van der Waals surface area contributed by atoms with E-state index in [0.29, 0.717) is 11.1 Å². The Morgan fingerprint density at radius 3 is 2.47 bits per heavy atom. The maximum Gasteiger partial charge on any atom is 0.344 e. The summed E-state index contributed by atoms with van der Waals surface area (Å²) in [6, 6.07) is 6.66. The summed E-state index contributed by atoms with van der Waals surface area (Å²) in [4.78, 5) is 60.7. The third-order valence-corrected chi connectivity index (χ3v) is 9.25. The molecule has 0 bridgehead atoms. The predicted octanol–water partition coefficient (Wildman–Crippen LogP) is 1.36. The molecule has 4 rings (SSSR count). The molecule has 3 aromatic rings. The number of nitrogens with one attached hydrogen (secondary N) is 2. The molecule has 0 fully saturated rings. The number of carbonyl (C=O) groups excluding carboxylic acids is 2. The van der Waals surface area contributed by atoms with Crippen LogP contribution in [0.25, 0.3) is 22.1 Å². The number of phenols is 1. The lowest BCUT2D eigenvalue weighted by molar-refractivity contribution is -0.139. The zero-order chi connectivity index (χ0) is 34.6. The molecule has 4 unspecified atom stereocenters. The van der Waals surface area contributed by atoms with Gasteiger partial charge in [0.2, 0.25) is 11.8 Å². The number of rotatable bonds is 13. The van der Waals surface area contributed by atoms with E-state index >= 15 is 0 Å². The number of carboxylic acid groups (broad SMARTS) is 2. The summed E-state index contributed by atoms with van der Waals surface area (Å²) in [5, 5.41) is 44.5. The van der Waals surface area contributed by atoms with Crippen LogP contribution in [0.4, 0.5) is 0 Å². The lowest BCUT2D eigenvalue weighted by Crippen LogP contribution is -2.52. The van der Waals surface area contributed by atoms with E-state index < -0.39 is 65.0 Å². The number of aliphatic carboxylic acids is 2. The second-order valence-electron chi connectivity index (χ2n) is 11.3. The molecule has 47 heavy (non-hydrogen) atoms. The monoisotopic (exact) mass is 673 g/mol. The maximum absolute atomic E-state index is 13.2. The normalized spacial score (nSPS) is 17.9. The first-order valence-corrected chi connectivity index (χ1v) is 15.4. The molecule has 0 saturated carbocycles. The summed E-state index contributed by atoms with van der Waals surface area (Å²) >= 11 is 1.05. The van der Waals surface area contributed by atoms with E-state index in [4.69, 9.17) is 29.8 Å². The van der Waals surface area contributed by atoms with Gasteiger partial charge < -0.3 is 50.7 Å². The number of carboxylic acids is 2. The van der Waals surface area contributed by atoms with Gasteiger partial charge in [-0.05, 0) is 50.6 Å². The average molecular weight is 674 g/mol. The Morgan fingerprint density at radius 2 is 1.83 bits per heavy atom. The van der Waals surface area contributed by atoms with Crippen molar-refractivity contribution < 1.29 is 53.5 Å². The highest BCUT2D eigenvalue weighted by molar-refractivity contribution is 8.00. The molecular formula is C31H35N3O12S. The minimum Gasteiger partial charge on any atom is -0.507 e. The van der Waals surface area contributed by atoms with E-state index in [-0.39, 0.29) is 52.4 Å². The zero-order valence-electron chi connectivity index (χ0n) is 25.6. The Labute approximate surface area is 272 Å². The molecule has 2 aromatic carbocycles. The number of thioether (sulfide) groups is 1. The van der Waals surface area contributed by atoms with Crippen LogP contribution < -0.4 is 31.5 Å². The molecule has 0 radical (unpaired) electrons. The Kier molecular flexibility index (Phi) is 10.7. The predicted molar refractivity (Wildman–Crippen MR) is 169 cm³/mol. The highest BCUT2D eigenvalue weighted by atomic mass is 32.2. The highest BCUT2D eigenvalue weighted by Crippen LogP contribution is 2.48. The standard InChI is InChI=1S/C31H35N3O12S/c1-31(2)27(47-13-19(28(40)33-12-23(37)38)34-22(36)9-7-18(32)29(41)42)25(39)24-21(46-31)8-4-14-10-17(30(43)45-26(14)24)16-6-5-15(44-3)11-20(16)35/h4-6,8,10-11,18-19,25,27,35,39H,7,9,12-13,32H2,1-3H3,(H,33,40)(H,34,36)(H,37,38)(H,41,42). The van der Waals surface area contributed by atoms with Crippen molar-refractivity contribution in [2.45, 2.75) is 55.7 Å². The van der Waals surface area contributed by atoms with Crippen LogP contribution in [-0.2, 0) is 19.2 Å². The molecule has 16 heteroatoms. The van der Waals surface area contributed by atoms with Crippen LogP contribution in [0.5, 0.6) is 17.2 Å². The Balaban J connectivity index is 1.62. The number of nitrogens with two attached hydrogens (primary N) is 1. The smallest absolute Gasteiger partial charge is 0.344 e. The third-order valence-electron chi connectivity index (χ3n) is 7.54. The molecule has 4 atom stereocenters.